The summed E-state index contributed by atoms with van der Waals surface area (Å²) < 4.78 is 12.4. The highest BCUT2D eigenvalue weighted by Gasteiger charge is 2.08. The lowest BCUT2D eigenvalue weighted by Gasteiger charge is -2.08. The predicted octanol–water partition coefficient (Wildman–Crippen LogP) is 3.73. The lowest BCUT2D eigenvalue weighted by atomic mass is 10.1. The van der Waals surface area contributed by atoms with Crippen LogP contribution in [0.5, 0.6) is 0 Å². The molecule has 0 saturated carbocycles. The average molecular weight is 413 g/mol. The van der Waals surface area contributed by atoms with E-state index in [2.05, 4.69) is 27.9 Å². The summed E-state index contributed by atoms with van der Waals surface area (Å²) in [6, 6.07) is 13.1. The summed E-state index contributed by atoms with van der Waals surface area (Å²) in [5.74, 6) is 0.308. The van der Waals surface area contributed by atoms with Gasteiger partial charge in [-0.2, -0.15) is 0 Å². The Kier molecular flexibility index (Phi) is 5.52. The maximum atomic E-state index is 12.3. The van der Waals surface area contributed by atoms with E-state index in [4.69, 9.17) is 0 Å². The summed E-state index contributed by atoms with van der Waals surface area (Å²) in [7, 11) is -0.914. The van der Waals surface area contributed by atoms with Crippen molar-refractivity contribution in [3.8, 4) is 0 Å². The van der Waals surface area contributed by atoms with Crippen LogP contribution in [0.25, 0.3) is 0 Å². The lowest BCUT2D eigenvalue weighted by Crippen LogP contribution is -2.12. The van der Waals surface area contributed by atoms with Gasteiger partial charge in [0.15, 0.2) is 0 Å². The molecule has 0 aliphatic carbocycles. The first-order chi connectivity index (χ1) is 9.95. The van der Waals surface area contributed by atoms with Gasteiger partial charge in [0.05, 0.1) is 0 Å². The van der Waals surface area contributed by atoms with Gasteiger partial charge in [0.1, 0.15) is 0 Å². The minimum Gasteiger partial charge on any atom is -0.322 e. The molecule has 0 saturated heterocycles. The van der Waals surface area contributed by atoms with Crippen LogP contribution >= 0.6 is 22.6 Å². The van der Waals surface area contributed by atoms with Crippen LogP contribution in [-0.4, -0.2) is 16.4 Å². The monoisotopic (exact) mass is 413 g/mol. The number of hydrogen-bond donors (Lipinski definition) is 1. The molecule has 1 atom stereocenters. The SMILES string of the molecule is Cc1ccc(NC(=O)c2cccc(CS(C)=O)c2)cc1I. The van der Waals surface area contributed by atoms with Crippen LogP contribution in [0.4, 0.5) is 5.69 Å². The molecular formula is C16H16INO2S. The molecule has 1 amide bonds. The lowest BCUT2D eigenvalue weighted by molar-refractivity contribution is 0.102. The summed E-state index contributed by atoms with van der Waals surface area (Å²) >= 11 is 2.24. The van der Waals surface area contributed by atoms with Crippen molar-refractivity contribution in [1.29, 1.82) is 0 Å². The molecule has 0 aliphatic rings. The van der Waals surface area contributed by atoms with Crippen molar-refractivity contribution >= 4 is 45.0 Å². The number of halogens is 1. The Morgan fingerprint density at radius 3 is 2.67 bits per heavy atom. The standard InChI is InChI=1S/C16H16INO2S/c1-11-6-7-14(9-15(11)17)18-16(19)13-5-3-4-12(8-13)10-21(2)20/h3-9H,10H2,1-2H3,(H,18,19). The predicted molar refractivity (Wildman–Crippen MR) is 96.1 cm³/mol. The molecule has 0 fully saturated rings. The van der Waals surface area contributed by atoms with Crippen LogP contribution in [0, 0.1) is 10.5 Å². The molecule has 1 unspecified atom stereocenters. The van der Waals surface area contributed by atoms with E-state index in [1.54, 1.807) is 18.4 Å². The van der Waals surface area contributed by atoms with E-state index in [1.807, 2.05) is 37.3 Å². The first-order valence-corrected chi connectivity index (χ1v) is 9.23. The van der Waals surface area contributed by atoms with Crippen molar-refractivity contribution in [2.24, 2.45) is 0 Å². The Hall–Kier alpha value is -1.21. The van der Waals surface area contributed by atoms with Crippen LogP contribution in [-0.2, 0) is 16.6 Å². The largest absolute Gasteiger partial charge is 0.322 e. The highest BCUT2D eigenvalue weighted by Crippen LogP contribution is 2.18. The fourth-order valence-electron chi connectivity index (χ4n) is 1.91. The molecule has 2 rings (SSSR count). The molecule has 5 heteroatoms. The zero-order chi connectivity index (χ0) is 15.4. The smallest absolute Gasteiger partial charge is 0.255 e. The van der Waals surface area contributed by atoms with E-state index in [0.717, 1.165) is 14.8 Å². The van der Waals surface area contributed by atoms with Gasteiger partial charge in [-0.25, -0.2) is 0 Å². The molecule has 0 aliphatic heterocycles. The highest BCUT2D eigenvalue weighted by atomic mass is 127. The molecular weight excluding hydrogens is 397 g/mol. The quantitative estimate of drug-likeness (QED) is 0.777. The molecule has 0 bridgehead atoms. The molecule has 0 spiro atoms. The van der Waals surface area contributed by atoms with Crippen LogP contribution < -0.4 is 5.32 Å². The van der Waals surface area contributed by atoms with Crippen LogP contribution in [0.2, 0.25) is 0 Å². The second-order valence-corrected chi connectivity index (χ2v) is 7.43. The topological polar surface area (TPSA) is 46.2 Å². The summed E-state index contributed by atoms with van der Waals surface area (Å²) in [4.78, 5) is 12.3. The first kappa shape index (κ1) is 16.2. The Bertz CT molecular complexity index is 700. The maximum absolute atomic E-state index is 12.3. The van der Waals surface area contributed by atoms with E-state index >= 15 is 0 Å². The molecule has 2 aromatic carbocycles. The normalized spacial score (nSPS) is 12.0. The minimum atomic E-state index is -0.914. The third-order valence-electron chi connectivity index (χ3n) is 2.99. The first-order valence-electron chi connectivity index (χ1n) is 6.42. The van der Waals surface area contributed by atoms with Crippen molar-refractivity contribution in [3.05, 3.63) is 62.7 Å². The van der Waals surface area contributed by atoms with Gasteiger partial charge in [-0.1, -0.05) is 18.2 Å². The molecule has 21 heavy (non-hydrogen) atoms. The zero-order valence-corrected chi connectivity index (χ0v) is 14.8. The molecule has 1 N–H and O–H groups in total. The Balaban J connectivity index is 2.16. The van der Waals surface area contributed by atoms with Crippen LogP contribution in [0.1, 0.15) is 21.5 Å². The number of anilines is 1. The van der Waals surface area contributed by atoms with E-state index in [-0.39, 0.29) is 5.91 Å². The van der Waals surface area contributed by atoms with Crippen molar-refractivity contribution in [2.45, 2.75) is 12.7 Å². The summed E-state index contributed by atoms with van der Waals surface area (Å²) in [6.07, 6.45) is 1.65. The fraction of sp³-hybridized carbons (Fsp3) is 0.188. The number of aryl methyl sites for hydroxylation is 1. The number of carbonyl (C=O) groups is 1. The van der Waals surface area contributed by atoms with E-state index in [0.29, 0.717) is 11.3 Å². The van der Waals surface area contributed by atoms with E-state index in [9.17, 15) is 9.00 Å². The van der Waals surface area contributed by atoms with Gasteiger partial charge in [0.25, 0.3) is 5.91 Å². The second-order valence-electron chi connectivity index (χ2n) is 4.84. The number of rotatable bonds is 4. The van der Waals surface area contributed by atoms with Gasteiger partial charge in [0.2, 0.25) is 0 Å². The summed E-state index contributed by atoms with van der Waals surface area (Å²) in [6.45, 7) is 2.03. The Morgan fingerprint density at radius 2 is 2.00 bits per heavy atom. The van der Waals surface area contributed by atoms with Crippen molar-refractivity contribution < 1.29 is 9.00 Å². The summed E-state index contributed by atoms with van der Waals surface area (Å²) in [5, 5.41) is 2.89. The average Bonchev–Trinajstić information content (AvgIpc) is 2.42. The van der Waals surface area contributed by atoms with Gasteiger partial charge >= 0.3 is 0 Å². The number of hydrogen-bond acceptors (Lipinski definition) is 2. The van der Waals surface area contributed by atoms with Gasteiger partial charge < -0.3 is 5.32 Å². The highest BCUT2D eigenvalue weighted by molar-refractivity contribution is 14.1. The molecule has 2 aromatic rings. The van der Waals surface area contributed by atoms with Crippen LogP contribution in [0.15, 0.2) is 42.5 Å². The number of carbonyl (C=O) groups excluding carboxylic acids is 1. The molecule has 0 aromatic heterocycles. The van der Waals surface area contributed by atoms with Crippen molar-refractivity contribution in [1.82, 2.24) is 0 Å². The summed E-state index contributed by atoms with van der Waals surface area (Å²) in [5.41, 5.74) is 3.44. The Morgan fingerprint density at radius 1 is 1.24 bits per heavy atom. The van der Waals surface area contributed by atoms with E-state index in [1.165, 1.54) is 5.56 Å². The minimum absolute atomic E-state index is 0.154. The van der Waals surface area contributed by atoms with Gasteiger partial charge in [-0.05, 0) is 64.9 Å². The number of nitrogens with one attached hydrogen (secondary N) is 1. The fourth-order valence-corrected chi connectivity index (χ4v) is 3.08. The molecule has 0 heterocycles. The molecule has 110 valence electrons. The third-order valence-corrected chi connectivity index (χ3v) is 4.89. The number of amides is 1. The third kappa shape index (κ3) is 4.64. The van der Waals surface area contributed by atoms with Gasteiger partial charge in [-0.3, -0.25) is 9.00 Å². The number of benzene rings is 2. The molecule has 0 radical (unpaired) electrons. The zero-order valence-electron chi connectivity index (χ0n) is 11.9. The maximum Gasteiger partial charge on any atom is 0.255 e. The van der Waals surface area contributed by atoms with Gasteiger partial charge in [0, 0.05) is 37.6 Å². The molecule has 3 nitrogen and oxygen atoms in total. The van der Waals surface area contributed by atoms with Crippen LogP contribution in [0.3, 0.4) is 0 Å². The van der Waals surface area contributed by atoms with Crippen molar-refractivity contribution in [2.75, 3.05) is 11.6 Å². The van der Waals surface area contributed by atoms with Gasteiger partial charge in [-0.15, -0.1) is 0 Å². The Labute approximate surface area is 140 Å². The van der Waals surface area contributed by atoms with Crippen molar-refractivity contribution in [3.63, 3.8) is 0 Å². The van der Waals surface area contributed by atoms with E-state index < -0.39 is 10.8 Å². The second kappa shape index (κ2) is 7.17.